The van der Waals surface area contributed by atoms with Gasteiger partial charge in [0.25, 0.3) is 0 Å². The Morgan fingerprint density at radius 3 is 1.13 bits per heavy atom. The normalized spacial score (nSPS) is 12.3. The van der Waals surface area contributed by atoms with Crippen molar-refractivity contribution in [3.05, 3.63) is 430 Å². The highest BCUT2D eigenvalue weighted by atomic mass is 79.9. The molecule has 0 saturated heterocycles. The summed E-state index contributed by atoms with van der Waals surface area (Å²) in [6.07, 6.45) is 0. The van der Waals surface area contributed by atoms with Gasteiger partial charge in [-0.25, -0.2) is 39.9 Å². The van der Waals surface area contributed by atoms with Crippen LogP contribution in [0.25, 0.3) is 177 Å². The topological polar surface area (TPSA) is 103 Å². The first kappa shape index (κ1) is 68.9. The Kier molecular flexibility index (Phi) is 21.1. The molecule has 0 aliphatic carbocycles. The van der Waals surface area contributed by atoms with Gasteiger partial charge >= 0.3 is 0 Å². The molecule has 5 aromatic heterocycles. The maximum absolute atomic E-state index is 8.20. The van der Waals surface area contributed by atoms with Crippen LogP contribution >= 0.6 is 75.1 Å². The lowest BCUT2D eigenvalue weighted by molar-refractivity contribution is 0.590. The number of aromatic nitrogens is 8. The lowest BCUT2D eigenvalue weighted by Crippen LogP contribution is -2.10. The largest absolute Gasteiger partial charge is 0.228 e. The van der Waals surface area contributed by atoms with Gasteiger partial charge in [0.05, 0.1) is 59.3 Å². The summed E-state index contributed by atoms with van der Waals surface area (Å²) in [6.45, 7) is 6.68. The van der Waals surface area contributed by atoms with Crippen LogP contribution in [0.5, 0.6) is 0 Å². The molecule has 0 aliphatic rings. The van der Waals surface area contributed by atoms with Gasteiger partial charge in [0.2, 0.25) is 0 Å². The van der Waals surface area contributed by atoms with Gasteiger partial charge < -0.3 is 0 Å². The van der Waals surface area contributed by atoms with Gasteiger partial charge in [0.15, 0.2) is 22.2 Å². The molecular weight excluding hydrogens is 1760 g/mol. The third-order valence-corrected chi connectivity index (χ3v) is 23.1. The zero-order chi connectivity index (χ0) is 91.3. The van der Waals surface area contributed by atoms with Crippen molar-refractivity contribution in [2.24, 2.45) is 0 Å². The molecule has 0 amide bonds. The lowest BCUT2D eigenvalue weighted by Gasteiger charge is -2.19. The first-order valence-corrected chi connectivity index (χ1v) is 42.8. The molecule has 0 N–H and O–H groups in total. The molecule has 5 heterocycles. The van der Waals surface area contributed by atoms with Gasteiger partial charge in [-0.15, -0.1) is 11.3 Å². The highest BCUT2D eigenvalue weighted by Gasteiger charge is 2.19. The average Bonchev–Trinajstić information content (AvgIpc) is 1.73. The van der Waals surface area contributed by atoms with Crippen molar-refractivity contribution in [1.29, 1.82) is 0 Å². The fourth-order valence-corrected chi connectivity index (χ4v) is 16.4. The number of thiophene rings is 1. The predicted molar refractivity (Wildman–Crippen MR) is 519 cm³/mol. The zero-order valence-electron chi connectivity index (χ0n) is 75.4. The van der Waals surface area contributed by atoms with Crippen LogP contribution in [0.3, 0.4) is 0 Å². The molecule has 20 aromatic rings. The maximum atomic E-state index is 8.20. The third-order valence-electron chi connectivity index (χ3n) is 20.0. The Labute approximate surface area is 756 Å². The minimum absolute atomic E-state index is 0.0592. The summed E-state index contributed by atoms with van der Waals surface area (Å²) in [5.41, 5.74) is 20.2. The van der Waals surface area contributed by atoms with Crippen molar-refractivity contribution in [1.82, 2.24) is 39.9 Å². The van der Waals surface area contributed by atoms with Gasteiger partial charge in [0, 0.05) is 94.8 Å². The Morgan fingerprint density at radius 2 is 0.595 bits per heavy atom. The van der Waals surface area contributed by atoms with Crippen molar-refractivity contribution < 1.29 is 13.7 Å². The Bertz CT molecular complexity index is 7630. The molecule has 0 aliphatic heterocycles. The Hall–Kier alpha value is -13.0. The smallest absolute Gasteiger partial charge is 0.197 e. The number of hydrogen-bond donors (Lipinski definition) is 0. The number of rotatable bonds is 13. The van der Waals surface area contributed by atoms with E-state index in [2.05, 4.69) is 307 Å². The molecule has 121 heavy (non-hydrogen) atoms. The van der Waals surface area contributed by atoms with E-state index in [9.17, 15) is 0 Å². The van der Waals surface area contributed by atoms with Gasteiger partial charge in [0.1, 0.15) is 0 Å². The van der Waals surface area contributed by atoms with Gasteiger partial charge in [-0.2, -0.15) is 0 Å². The number of benzene rings is 15. The summed E-state index contributed by atoms with van der Waals surface area (Å²) in [5.74, 6) is 2.16. The number of halogens is 4. The minimum atomic E-state index is -0.500. The maximum Gasteiger partial charge on any atom is 0.197 e. The van der Waals surface area contributed by atoms with Crippen LogP contribution < -0.4 is 0 Å². The van der Waals surface area contributed by atoms with E-state index in [1.54, 1.807) is 24.3 Å². The molecule has 0 saturated carbocycles. The van der Waals surface area contributed by atoms with E-state index >= 15 is 0 Å². The first-order valence-electron chi connectivity index (χ1n) is 43.8. The second-order valence-corrected chi connectivity index (χ2v) is 33.8. The summed E-state index contributed by atoms with van der Waals surface area (Å²) in [6, 6.07) is 113. The molecule has 0 bridgehead atoms. The van der Waals surface area contributed by atoms with Crippen LogP contribution in [0.1, 0.15) is 40.0 Å². The SMILES string of the molecule is Brc1ccc(-c2nc(-c3ccccc3)cc(-c3ccc4sc5ccccc5c4c3)n2)cc1.Brc1cccc(-c2cccc(-c3nc(-c4ccccc4)cc(-c4ccc5ccccc5c4)n3)c2)c1.CC(C)(C)c1ccc(-c2cc(-c3ccccc3)nc(-c3cccc(Br)c3)n2)cc1.[2H]c1c([2H])c([2H])c(-c2ccc(-c3cc(-c4c([2H])c([2H])c([2H])c([2H])c4[2H])nc(Br)n3)cc2)c([2H])c1[2H]. The zero-order valence-corrected chi connectivity index (χ0v) is 72.6. The van der Waals surface area contributed by atoms with E-state index in [4.69, 9.17) is 43.6 Å². The fraction of sp³-hybridized carbons (Fsp3) is 0.0370. The first-order chi connectivity index (χ1) is 63.3. The van der Waals surface area contributed by atoms with E-state index in [0.29, 0.717) is 22.6 Å². The summed E-state index contributed by atoms with van der Waals surface area (Å²) in [7, 11) is 0. The van der Waals surface area contributed by atoms with Crippen molar-refractivity contribution in [2.75, 3.05) is 0 Å². The van der Waals surface area contributed by atoms with Crippen molar-refractivity contribution in [3.8, 4) is 146 Å². The number of fused-ring (bicyclic) bond motifs is 4. The van der Waals surface area contributed by atoms with Crippen molar-refractivity contribution in [3.63, 3.8) is 0 Å². The van der Waals surface area contributed by atoms with Crippen LogP contribution in [0.4, 0.5) is 0 Å². The Morgan fingerprint density at radius 1 is 0.231 bits per heavy atom. The van der Waals surface area contributed by atoms with Crippen LogP contribution in [0.15, 0.2) is 424 Å². The van der Waals surface area contributed by atoms with Crippen molar-refractivity contribution >= 4 is 106 Å². The van der Waals surface area contributed by atoms with Crippen LogP contribution in [0.2, 0.25) is 0 Å². The van der Waals surface area contributed by atoms with Gasteiger partial charge in [-0.3, -0.25) is 0 Å². The molecule has 13 heteroatoms. The minimum Gasteiger partial charge on any atom is -0.228 e. The monoisotopic (exact) mass is 1840 g/mol. The second kappa shape index (κ2) is 37.1. The van der Waals surface area contributed by atoms with Crippen LogP contribution in [-0.4, -0.2) is 39.9 Å². The highest BCUT2D eigenvalue weighted by molar-refractivity contribution is 9.11. The molecule has 582 valence electrons. The average molecular weight is 1850 g/mol. The molecule has 15 aromatic carbocycles. The molecule has 0 fully saturated rings. The summed E-state index contributed by atoms with van der Waals surface area (Å²) >= 11 is 15.7. The molecule has 0 radical (unpaired) electrons. The molecule has 20 rings (SSSR count). The molecule has 0 atom stereocenters. The Balaban J connectivity index is 0.000000122. The van der Waals surface area contributed by atoms with E-state index in [1.165, 1.54) is 42.6 Å². The highest BCUT2D eigenvalue weighted by Crippen LogP contribution is 2.40. The summed E-state index contributed by atoms with van der Waals surface area (Å²) in [4.78, 5) is 38.2. The van der Waals surface area contributed by atoms with Crippen LogP contribution in [0, 0.1) is 0 Å². The quantitative estimate of drug-likeness (QED) is 0.105. The molecule has 8 nitrogen and oxygen atoms in total. The van der Waals surface area contributed by atoms with E-state index in [1.807, 2.05) is 114 Å². The van der Waals surface area contributed by atoms with E-state index < -0.39 is 36.3 Å². The molecular formula is C108H76Br4N8S. The number of nitrogens with zero attached hydrogens (tertiary/aromatic N) is 8. The second-order valence-electron chi connectivity index (χ2n) is 29.3. The summed E-state index contributed by atoms with van der Waals surface area (Å²) in [5, 5.41) is 4.98. The predicted octanol–water partition coefficient (Wildman–Crippen LogP) is 31.4. The van der Waals surface area contributed by atoms with Gasteiger partial charge in [-0.1, -0.05) is 384 Å². The molecule has 0 spiro atoms. The van der Waals surface area contributed by atoms with Gasteiger partial charge in [-0.05, 0) is 151 Å². The third kappa shape index (κ3) is 19.7. The van der Waals surface area contributed by atoms with Crippen molar-refractivity contribution in [2.45, 2.75) is 26.2 Å². The van der Waals surface area contributed by atoms with E-state index in [-0.39, 0.29) is 51.1 Å². The molecule has 0 unspecified atom stereocenters. The van der Waals surface area contributed by atoms with E-state index in [0.717, 1.165) is 120 Å². The van der Waals surface area contributed by atoms with Crippen LogP contribution in [-0.2, 0) is 5.41 Å². The number of hydrogen-bond acceptors (Lipinski definition) is 9. The fourth-order valence-electron chi connectivity index (χ4n) is 13.8. The lowest BCUT2D eigenvalue weighted by atomic mass is 9.86. The summed E-state index contributed by atoms with van der Waals surface area (Å²) < 4.78 is 85.6. The standard InChI is InChI=1S/C32H21BrN2.C28H17BrN2S.C26H23BrN2.C22H15BrN2/c33-29-15-7-13-26(20-29)25-12-6-14-28(19-25)32-34-30(23-9-2-1-3-10-23)21-31(35-32)27-17-16-22-8-4-5-11-24(22)18-27;29-21-13-10-19(11-14-21)28-30-24(18-6-2-1-3-7-18)17-25(31-28)20-12-15-27-23(16-20)22-8-4-5-9-26(22)32-27;1-26(2,3)21-14-12-19(13-15-21)24-17-23(18-8-5-4-6-9-18)28-25(29-24)20-10-7-11-22(27)16-20;23-22-24-20(18-9-5-2-6-10-18)15-21(25-22)19-13-11-17(12-14-19)16-7-3-1-4-8-16/h1-21H;1-17H;4-17H,1-3H3;1-15H/i;;;1D,2D,3D,4D,5D,6D,7D,8D,9D,10D.